The minimum Gasteiger partial charge on any atom is -0.364 e. The Labute approximate surface area is 167 Å². The highest BCUT2D eigenvalue weighted by Crippen LogP contribution is 2.42. The van der Waals surface area contributed by atoms with E-state index in [2.05, 4.69) is 10.2 Å². The molecule has 0 saturated heterocycles. The van der Waals surface area contributed by atoms with Crippen molar-refractivity contribution in [2.45, 2.75) is 32.0 Å². The maximum absolute atomic E-state index is 13.5. The van der Waals surface area contributed by atoms with E-state index in [0.29, 0.717) is 9.47 Å². The largest absolute Gasteiger partial charge is 0.440 e. The highest BCUT2D eigenvalue weighted by Gasteiger charge is 2.41. The van der Waals surface area contributed by atoms with Crippen LogP contribution >= 0.6 is 0 Å². The molecule has 0 aliphatic rings. The number of nitrogens with zero attached hydrogens (tertiary/aromatic N) is 4. The van der Waals surface area contributed by atoms with Crippen LogP contribution in [0.3, 0.4) is 0 Å². The summed E-state index contributed by atoms with van der Waals surface area (Å²) in [4.78, 5) is 12.6. The molecule has 0 aliphatic carbocycles. The number of hydrogen-bond acceptors (Lipinski definition) is 5. The summed E-state index contributed by atoms with van der Waals surface area (Å²) < 4.78 is 124. The van der Waals surface area contributed by atoms with Gasteiger partial charge in [0.25, 0.3) is 5.56 Å². The molecule has 1 aromatic carbocycles. The minimum atomic E-state index is -5.21. The van der Waals surface area contributed by atoms with Gasteiger partial charge in [-0.2, -0.15) is 39.5 Å². The van der Waals surface area contributed by atoms with Crippen molar-refractivity contribution in [2.75, 3.05) is 18.7 Å². The number of benzene rings is 1. The van der Waals surface area contributed by atoms with Gasteiger partial charge in [0.2, 0.25) is 11.6 Å². The lowest BCUT2D eigenvalue weighted by Crippen LogP contribution is -2.37. The Hall–Kier alpha value is -2.84. The van der Waals surface area contributed by atoms with Crippen LogP contribution in [-0.2, 0) is 29.8 Å². The molecule has 0 aliphatic heterocycles. The van der Waals surface area contributed by atoms with Crippen molar-refractivity contribution in [3.63, 3.8) is 0 Å². The van der Waals surface area contributed by atoms with E-state index in [9.17, 15) is 44.3 Å². The molecule has 0 fully saturated rings. The summed E-state index contributed by atoms with van der Waals surface area (Å²) in [6.45, 7) is -0.203. The van der Waals surface area contributed by atoms with Gasteiger partial charge < -0.3 is 4.74 Å². The third kappa shape index (κ3) is 5.08. The van der Waals surface area contributed by atoms with Crippen LogP contribution in [0.25, 0.3) is 0 Å². The number of anilines is 2. The second-order valence-electron chi connectivity index (χ2n) is 5.97. The van der Waals surface area contributed by atoms with E-state index >= 15 is 0 Å². The van der Waals surface area contributed by atoms with Crippen LogP contribution in [0.4, 0.5) is 51.1 Å². The first-order chi connectivity index (χ1) is 14.1. The lowest BCUT2D eigenvalue weighted by molar-refractivity contribution is -0.143. The molecule has 6 nitrogen and oxygen atoms in total. The van der Waals surface area contributed by atoms with Gasteiger partial charge in [-0.1, -0.05) is 0 Å². The number of aromatic nitrogens is 3. The summed E-state index contributed by atoms with van der Waals surface area (Å²) >= 11 is 0. The molecule has 0 atom stereocenters. The van der Waals surface area contributed by atoms with Crippen molar-refractivity contribution in [3.05, 3.63) is 45.4 Å². The zero-order chi connectivity index (χ0) is 23.8. The van der Waals surface area contributed by atoms with Crippen molar-refractivity contribution in [1.29, 1.82) is 0 Å². The average Bonchev–Trinajstić information content (AvgIpc) is 2.63. The van der Waals surface area contributed by atoms with E-state index in [1.54, 1.807) is 0 Å². The summed E-state index contributed by atoms with van der Waals surface area (Å²) in [6, 6.07) is 0.487. The Morgan fingerprint density at radius 1 is 0.968 bits per heavy atom. The van der Waals surface area contributed by atoms with Crippen molar-refractivity contribution >= 4 is 11.6 Å². The zero-order valence-corrected chi connectivity index (χ0v) is 15.7. The second-order valence-corrected chi connectivity index (χ2v) is 5.97. The van der Waals surface area contributed by atoms with Crippen LogP contribution in [0.5, 0.6) is 0 Å². The van der Waals surface area contributed by atoms with Crippen LogP contribution in [0.1, 0.15) is 23.7 Å². The molecular weight excluding hydrogens is 451 g/mol. The average molecular weight is 464 g/mol. The fraction of sp³-hybridized carbons (Fsp3) is 0.438. The van der Waals surface area contributed by atoms with Crippen LogP contribution in [-0.4, -0.2) is 28.6 Å². The van der Waals surface area contributed by atoms with E-state index in [1.165, 1.54) is 6.92 Å². The van der Waals surface area contributed by atoms with Crippen LogP contribution < -0.4 is 10.5 Å². The number of ether oxygens (including phenoxy) is 1. The summed E-state index contributed by atoms with van der Waals surface area (Å²) in [7, 11) is 0.972. The molecule has 0 radical (unpaired) electrons. The molecule has 2 aromatic rings. The number of halogens is 9. The number of alkyl halides is 9. The molecular formula is C16H13F9N4O2. The van der Waals surface area contributed by atoms with Crippen molar-refractivity contribution < 1.29 is 44.3 Å². The first kappa shape index (κ1) is 24.4. The van der Waals surface area contributed by atoms with Gasteiger partial charge in [0.05, 0.1) is 16.8 Å². The molecule has 15 heteroatoms. The Balaban J connectivity index is 2.86. The molecule has 0 spiro atoms. The van der Waals surface area contributed by atoms with Crippen molar-refractivity contribution in [3.8, 4) is 0 Å². The SMILES string of the molecule is CCn1c(N(COC)c2cc(C(F)(F)F)ccc2C(F)(F)F)nnc(C(F)(F)F)c1=O. The summed E-state index contributed by atoms with van der Waals surface area (Å²) in [5.74, 6) is -0.868. The Morgan fingerprint density at radius 3 is 2.03 bits per heavy atom. The maximum atomic E-state index is 13.5. The first-order valence-electron chi connectivity index (χ1n) is 8.22. The lowest BCUT2D eigenvalue weighted by atomic mass is 10.1. The van der Waals surface area contributed by atoms with Gasteiger partial charge in [-0.05, 0) is 25.1 Å². The summed E-state index contributed by atoms with van der Waals surface area (Å²) in [5.41, 5.74) is -7.84. The Kier molecular flexibility index (Phi) is 6.59. The second kappa shape index (κ2) is 8.36. The summed E-state index contributed by atoms with van der Waals surface area (Å²) in [5, 5.41) is 5.92. The van der Waals surface area contributed by atoms with Gasteiger partial charge in [-0.25, -0.2) is 0 Å². The highest BCUT2D eigenvalue weighted by atomic mass is 19.4. The third-order valence-electron chi connectivity index (χ3n) is 3.93. The van der Waals surface area contributed by atoms with Gasteiger partial charge in [0.15, 0.2) is 0 Å². The van der Waals surface area contributed by atoms with Gasteiger partial charge in [-0.3, -0.25) is 14.3 Å². The van der Waals surface area contributed by atoms with E-state index in [4.69, 9.17) is 4.74 Å². The standard InChI is InChI=1S/C16H13F9N4O2/c1-3-28-12(30)11(16(23,24)25)26-27-13(28)29(7-31-2)10-6-8(14(17,18)19)4-5-9(10)15(20,21)22/h4-6H,3,7H2,1-2H3. The van der Waals surface area contributed by atoms with E-state index < -0.39 is 65.8 Å². The Morgan fingerprint density at radius 2 is 1.58 bits per heavy atom. The number of rotatable bonds is 5. The zero-order valence-electron chi connectivity index (χ0n) is 15.7. The highest BCUT2D eigenvalue weighted by molar-refractivity contribution is 5.64. The van der Waals surface area contributed by atoms with Crippen LogP contribution in [0.2, 0.25) is 0 Å². The normalized spacial score (nSPS) is 12.9. The van der Waals surface area contributed by atoms with Crippen molar-refractivity contribution in [1.82, 2.24) is 14.8 Å². The van der Waals surface area contributed by atoms with E-state index in [1.807, 2.05) is 0 Å². The maximum Gasteiger partial charge on any atom is 0.440 e. The molecule has 0 unspecified atom stereocenters. The van der Waals surface area contributed by atoms with Crippen LogP contribution in [0.15, 0.2) is 23.0 Å². The smallest absolute Gasteiger partial charge is 0.364 e. The van der Waals surface area contributed by atoms with Gasteiger partial charge >= 0.3 is 18.5 Å². The third-order valence-corrected chi connectivity index (χ3v) is 3.93. The predicted molar refractivity (Wildman–Crippen MR) is 87.4 cm³/mol. The van der Waals surface area contributed by atoms with Crippen molar-refractivity contribution in [2.24, 2.45) is 0 Å². The van der Waals surface area contributed by atoms with E-state index in [0.717, 1.165) is 7.11 Å². The fourth-order valence-corrected chi connectivity index (χ4v) is 2.61. The van der Waals surface area contributed by atoms with Crippen LogP contribution in [0, 0.1) is 0 Å². The lowest BCUT2D eigenvalue weighted by Gasteiger charge is -2.28. The van der Waals surface area contributed by atoms with E-state index in [-0.39, 0.29) is 18.2 Å². The molecule has 31 heavy (non-hydrogen) atoms. The summed E-state index contributed by atoms with van der Waals surface area (Å²) in [6.07, 6.45) is -15.4. The monoisotopic (exact) mass is 464 g/mol. The molecule has 0 bridgehead atoms. The number of hydrogen-bond donors (Lipinski definition) is 0. The quantitative estimate of drug-likeness (QED) is 0.483. The van der Waals surface area contributed by atoms with Gasteiger partial charge in [0, 0.05) is 13.7 Å². The predicted octanol–water partition coefficient (Wildman–Crippen LogP) is 4.46. The molecule has 172 valence electrons. The first-order valence-corrected chi connectivity index (χ1v) is 8.22. The molecule has 1 aromatic heterocycles. The van der Waals surface area contributed by atoms with Gasteiger partial charge in [-0.15, -0.1) is 10.2 Å². The fourth-order valence-electron chi connectivity index (χ4n) is 2.61. The molecule has 0 saturated carbocycles. The molecule has 1 heterocycles. The number of methoxy groups -OCH3 is 1. The molecule has 0 N–H and O–H groups in total. The molecule has 0 amide bonds. The van der Waals surface area contributed by atoms with Gasteiger partial charge in [0.1, 0.15) is 6.73 Å². The topological polar surface area (TPSA) is 60.2 Å². The minimum absolute atomic E-state index is 0.131. The molecule has 2 rings (SSSR count). The Bertz CT molecular complexity index is 997.